The van der Waals surface area contributed by atoms with Crippen molar-refractivity contribution in [3.63, 3.8) is 0 Å². The van der Waals surface area contributed by atoms with E-state index in [4.69, 9.17) is 9.47 Å². The van der Waals surface area contributed by atoms with Gasteiger partial charge in [-0.1, -0.05) is 36.8 Å². The molecule has 2 heterocycles. The van der Waals surface area contributed by atoms with E-state index in [0.717, 1.165) is 29.1 Å². The number of non-ortho nitro benzene ring substituents is 1. The van der Waals surface area contributed by atoms with Crippen molar-refractivity contribution in [3.8, 4) is 5.75 Å². The number of benzene rings is 2. The van der Waals surface area contributed by atoms with Crippen molar-refractivity contribution in [1.82, 2.24) is 4.98 Å². The molecule has 208 valence electrons. The number of nitro benzene ring substituents is 1. The van der Waals surface area contributed by atoms with E-state index in [1.165, 1.54) is 24.3 Å². The van der Waals surface area contributed by atoms with Crippen molar-refractivity contribution in [2.75, 3.05) is 18.1 Å². The molecule has 11 nitrogen and oxygen atoms in total. The lowest BCUT2D eigenvalue weighted by molar-refractivity contribution is -0.384. The van der Waals surface area contributed by atoms with Crippen LogP contribution in [0.5, 0.6) is 5.75 Å². The van der Waals surface area contributed by atoms with Crippen LogP contribution in [0.2, 0.25) is 0 Å². The first-order valence-electron chi connectivity index (χ1n) is 12.6. The molecule has 0 unspecified atom stereocenters. The van der Waals surface area contributed by atoms with Crippen LogP contribution in [0.3, 0.4) is 0 Å². The van der Waals surface area contributed by atoms with E-state index in [9.17, 15) is 29.6 Å². The molecule has 12 heteroatoms. The van der Waals surface area contributed by atoms with Crippen LogP contribution in [0.15, 0.2) is 54.1 Å². The number of aryl methyl sites for hydroxylation is 1. The third-order valence-corrected chi connectivity index (χ3v) is 7.32. The zero-order valence-electron chi connectivity index (χ0n) is 22.1. The number of amides is 1. The largest absolute Gasteiger partial charge is 0.507 e. The average molecular weight is 566 g/mol. The third-order valence-electron chi connectivity index (χ3n) is 6.19. The van der Waals surface area contributed by atoms with Crippen molar-refractivity contribution in [2.24, 2.45) is 0 Å². The number of hydrogen-bond donors (Lipinski definition) is 1. The molecule has 1 fully saturated rings. The fourth-order valence-electron chi connectivity index (χ4n) is 4.22. The fourth-order valence-corrected chi connectivity index (χ4v) is 5.21. The number of ketones is 1. The lowest BCUT2D eigenvalue weighted by atomic mass is 9.95. The third kappa shape index (κ3) is 5.57. The molecule has 0 radical (unpaired) electrons. The van der Waals surface area contributed by atoms with E-state index < -0.39 is 34.4 Å². The van der Waals surface area contributed by atoms with Crippen LogP contribution in [0, 0.1) is 17.0 Å². The molecule has 2 aromatic carbocycles. The molecule has 1 aliphatic rings. The van der Waals surface area contributed by atoms with E-state index in [0.29, 0.717) is 12.4 Å². The Morgan fingerprint density at radius 3 is 2.55 bits per heavy atom. The summed E-state index contributed by atoms with van der Waals surface area (Å²) in [6, 6.07) is 10.6. The number of rotatable bonds is 10. The molecule has 1 N–H and O–H groups in total. The number of aliphatic hydroxyl groups is 1. The molecule has 1 atom stereocenters. The molecular weight excluding hydrogens is 538 g/mol. The summed E-state index contributed by atoms with van der Waals surface area (Å²) in [7, 11) is 0. The maximum absolute atomic E-state index is 13.4. The first-order chi connectivity index (χ1) is 19.2. The van der Waals surface area contributed by atoms with Gasteiger partial charge in [-0.3, -0.25) is 24.6 Å². The average Bonchev–Trinajstić information content (AvgIpc) is 3.45. The number of esters is 1. The van der Waals surface area contributed by atoms with Crippen LogP contribution < -0.4 is 9.64 Å². The van der Waals surface area contributed by atoms with Gasteiger partial charge in [0.2, 0.25) is 0 Å². The summed E-state index contributed by atoms with van der Waals surface area (Å²) in [5.74, 6) is -2.51. The summed E-state index contributed by atoms with van der Waals surface area (Å²) in [4.78, 5) is 55.7. The number of unbranched alkanes of at least 4 members (excludes halogenated alkanes) is 1. The van der Waals surface area contributed by atoms with Gasteiger partial charge in [-0.2, -0.15) is 0 Å². The highest BCUT2D eigenvalue weighted by atomic mass is 32.1. The maximum atomic E-state index is 13.4. The van der Waals surface area contributed by atoms with E-state index >= 15 is 0 Å². The van der Waals surface area contributed by atoms with Crippen molar-refractivity contribution in [2.45, 2.75) is 39.7 Å². The summed E-state index contributed by atoms with van der Waals surface area (Å²) in [6.45, 7) is 5.92. The maximum Gasteiger partial charge on any atom is 0.350 e. The van der Waals surface area contributed by atoms with Gasteiger partial charge in [0.1, 0.15) is 16.4 Å². The minimum atomic E-state index is -1.25. The Balaban J connectivity index is 1.85. The molecule has 4 rings (SSSR count). The Labute approximate surface area is 233 Å². The predicted octanol–water partition coefficient (Wildman–Crippen LogP) is 5.34. The molecule has 1 amide bonds. The number of aliphatic hydroxyl groups excluding tert-OH is 1. The number of Topliss-reactive ketones (excluding diaryl/α,β-unsaturated/α-hetero) is 1. The molecule has 40 heavy (non-hydrogen) atoms. The van der Waals surface area contributed by atoms with Gasteiger partial charge in [-0.05, 0) is 50.1 Å². The monoisotopic (exact) mass is 565 g/mol. The molecule has 0 saturated carbocycles. The van der Waals surface area contributed by atoms with Crippen LogP contribution in [0.4, 0.5) is 10.8 Å². The lowest BCUT2D eigenvalue weighted by Crippen LogP contribution is -2.29. The van der Waals surface area contributed by atoms with Gasteiger partial charge in [0.05, 0.1) is 35.4 Å². The summed E-state index contributed by atoms with van der Waals surface area (Å²) >= 11 is 0.853. The molecule has 0 spiro atoms. The van der Waals surface area contributed by atoms with Crippen molar-refractivity contribution in [3.05, 3.63) is 85.9 Å². The second-order valence-electron chi connectivity index (χ2n) is 8.88. The first-order valence-corrected chi connectivity index (χ1v) is 13.4. The highest BCUT2D eigenvalue weighted by Crippen LogP contribution is 2.44. The van der Waals surface area contributed by atoms with E-state index in [2.05, 4.69) is 4.98 Å². The van der Waals surface area contributed by atoms with Gasteiger partial charge in [-0.25, -0.2) is 9.78 Å². The van der Waals surface area contributed by atoms with Crippen LogP contribution in [-0.4, -0.2) is 45.9 Å². The number of thiazole rings is 1. The van der Waals surface area contributed by atoms with Crippen LogP contribution in [-0.2, 0) is 14.3 Å². The van der Waals surface area contributed by atoms with Crippen LogP contribution in [0.1, 0.15) is 59.2 Å². The van der Waals surface area contributed by atoms with E-state index in [1.807, 2.05) is 6.92 Å². The highest BCUT2D eigenvalue weighted by molar-refractivity contribution is 7.17. The SMILES string of the molecule is CCCCOc1ccc(C(O)=C2C(=O)C(=O)N(c3nc(C)c(C(=O)OCC)s3)[C@@H]2c2cccc([N+](=O)[O-])c2)cc1. The summed E-state index contributed by atoms with van der Waals surface area (Å²) in [5.41, 5.74) is 0.213. The number of aromatic nitrogens is 1. The number of carbonyl (C=O) groups excluding carboxylic acids is 3. The zero-order chi connectivity index (χ0) is 29.0. The standard InChI is InChI=1S/C28H27N3O8S/c1-4-6-14-39-20-12-10-17(11-13-20)23(32)21-22(18-8-7-9-19(15-18)31(36)37)30(26(34)24(21)33)28-29-16(3)25(40-28)27(35)38-5-2/h7-13,15,22,32H,4-6,14H2,1-3H3/t22-/m1/s1. The minimum absolute atomic E-state index is 0.0119. The molecule has 0 aliphatic carbocycles. The Morgan fingerprint density at radius 2 is 1.90 bits per heavy atom. The summed E-state index contributed by atoms with van der Waals surface area (Å²) in [6.07, 6.45) is 1.85. The fraction of sp³-hybridized carbons (Fsp3) is 0.286. The minimum Gasteiger partial charge on any atom is -0.507 e. The van der Waals surface area contributed by atoms with Crippen LogP contribution in [0.25, 0.3) is 5.76 Å². The van der Waals surface area contributed by atoms with E-state index in [-0.39, 0.29) is 44.7 Å². The van der Waals surface area contributed by atoms with Gasteiger partial charge in [0.25, 0.3) is 11.5 Å². The van der Waals surface area contributed by atoms with Crippen molar-refractivity contribution in [1.29, 1.82) is 0 Å². The zero-order valence-corrected chi connectivity index (χ0v) is 22.9. The number of hydrogen-bond acceptors (Lipinski definition) is 10. The quantitative estimate of drug-likeness (QED) is 0.0653. The number of anilines is 1. The predicted molar refractivity (Wildman–Crippen MR) is 148 cm³/mol. The summed E-state index contributed by atoms with van der Waals surface area (Å²) in [5, 5.41) is 22.9. The van der Waals surface area contributed by atoms with Crippen LogP contribution >= 0.6 is 11.3 Å². The first kappa shape index (κ1) is 28.4. The second kappa shape index (κ2) is 12.1. The van der Waals surface area contributed by atoms with Gasteiger partial charge < -0.3 is 14.6 Å². The Hall–Kier alpha value is -4.58. The topological polar surface area (TPSA) is 149 Å². The Kier molecular flexibility index (Phi) is 8.58. The Bertz CT molecular complexity index is 1500. The molecule has 1 saturated heterocycles. The van der Waals surface area contributed by atoms with Gasteiger partial charge in [-0.15, -0.1) is 0 Å². The van der Waals surface area contributed by atoms with Crippen molar-refractivity contribution < 1.29 is 33.9 Å². The van der Waals surface area contributed by atoms with Gasteiger partial charge in [0.15, 0.2) is 5.13 Å². The number of nitrogens with zero attached hydrogens (tertiary/aromatic N) is 3. The molecule has 1 aromatic heterocycles. The van der Waals surface area contributed by atoms with Gasteiger partial charge >= 0.3 is 11.9 Å². The molecule has 0 bridgehead atoms. The number of nitro groups is 1. The normalized spacial score (nSPS) is 16.3. The lowest BCUT2D eigenvalue weighted by Gasteiger charge is -2.22. The van der Waals surface area contributed by atoms with E-state index in [1.54, 1.807) is 38.1 Å². The summed E-state index contributed by atoms with van der Waals surface area (Å²) < 4.78 is 10.7. The van der Waals surface area contributed by atoms with Gasteiger partial charge in [0, 0.05) is 17.7 Å². The Morgan fingerprint density at radius 1 is 1.18 bits per heavy atom. The number of carbonyl (C=O) groups is 3. The molecule has 1 aliphatic heterocycles. The number of ether oxygens (including phenoxy) is 2. The smallest absolute Gasteiger partial charge is 0.350 e. The van der Waals surface area contributed by atoms with Crippen molar-refractivity contribution >= 4 is 45.6 Å². The molecular formula is C28H27N3O8S. The second-order valence-corrected chi connectivity index (χ2v) is 9.86. The molecule has 3 aromatic rings. The highest BCUT2D eigenvalue weighted by Gasteiger charge is 2.48.